The van der Waals surface area contributed by atoms with E-state index >= 15 is 0 Å². The Balaban J connectivity index is 2.11. The molecular weight excluding hydrogens is 266 g/mol. The van der Waals surface area contributed by atoms with Crippen LogP contribution in [0.15, 0.2) is 0 Å². The lowest BCUT2D eigenvalue weighted by atomic mass is 9.83. The third-order valence-corrected chi connectivity index (χ3v) is 4.71. The van der Waals surface area contributed by atoms with E-state index in [9.17, 15) is 9.59 Å². The molecule has 3 atom stereocenters. The van der Waals surface area contributed by atoms with Crippen LogP contribution >= 0.6 is 0 Å². The Morgan fingerprint density at radius 2 is 1.95 bits per heavy atom. The molecule has 2 aliphatic rings. The van der Waals surface area contributed by atoms with Crippen molar-refractivity contribution in [1.29, 1.82) is 0 Å². The van der Waals surface area contributed by atoms with Gasteiger partial charge in [0.2, 0.25) is 11.8 Å². The van der Waals surface area contributed by atoms with Crippen molar-refractivity contribution in [2.45, 2.75) is 52.6 Å². The molecule has 120 valence electrons. The summed E-state index contributed by atoms with van der Waals surface area (Å²) in [7, 11) is 2.12. The van der Waals surface area contributed by atoms with Crippen LogP contribution in [0.4, 0.5) is 0 Å². The van der Waals surface area contributed by atoms with Crippen LogP contribution < -0.4 is 5.32 Å². The highest BCUT2D eigenvalue weighted by molar-refractivity contribution is 5.97. The summed E-state index contributed by atoms with van der Waals surface area (Å²) < 4.78 is 0. The Bertz CT molecular complexity index is 416. The first-order chi connectivity index (χ1) is 9.70. The predicted octanol–water partition coefficient (Wildman–Crippen LogP) is 1.09. The van der Waals surface area contributed by atoms with E-state index in [-0.39, 0.29) is 23.3 Å². The van der Waals surface area contributed by atoms with Crippen molar-refractivity contribution in [2.24, 2.45) is 11.3 Å². The van der Waals surface area contributed by atoms with Crippen LogP contribution in [0.2, 0.25) is 0 Å². The molecule has 2 rings (SSSR count). The van der Waals surface area contributed by atoms with Crippen molar-refractivity contribution < 1.29 is 9.59 Å². The second-order valence-electron chi connectivity index (χ2n) is 7.74. The number of carbonyl (C=O) groups excluding carboxylic acids is 2. The number of hydrogen-bond acceptors (Lipinski definition) is 3. The summed E-state index contributed by atoms with van der Waals surface area (Å²) in [6, 6.07) is -0.772. The van der Waals surface area contributed by atoms with Gasteiger partial charge in [0.1, 0.15) is 12.1 Å². The minimum atomic E-state index is -0.414. The zero-order valence-corrected chi connectivity index (χ0v) is 14.0. The van der Waals surface area contributed by atoms with Crippen LogP contribution in [-0.4, -0.2) is 60.4 Å². The Morgan fingerprint density at radius 1 is 1.29 bits per heavy atom. The minimum Gasteiger partial charge on any atom is -0.342 e. The largest absolute Gasteiger partial charge is 0.342 e. The number of piperazine rings is 1. The van der Waals surface area contributed by atoms with E-state index in [1.54, 1.807) is 4.90 Å². The summed E-state index contributed by atoms with van der Waals surface area (Å²) in [5.41, 5.74) is -0.255. The standard InChI is InChI=1S/C16H29N3O2/c1-11-14(20)17-13(16(2,3)4)15(21)19(11)10-12-7-6-8-18(5)9-12/h11-13H,6-10H2,1-5H3,(H,17,20). The highest BCUT2D eigenvalue weighted by atomic mass is 16.2. The van der Waals surface area contributed by atoms with E-state index in [4.69, 9.17) is 0 Å². The molecule has 0 aromatic carbocycles. The van der Waals surface area contributed by atoms with E-state index < -0.39 is 6.04 Å². The molecule has 0 radical (unpaired) electrons. The molecular formula is C16H29N3O2. The summed E-state index contributed by atoms with van der Waals surface area (Å²) >= 11 is 0. The topological polar surface area (TPSA) is 52.7 Å². The van der Waals surface area contributed by atoms with Crippen molar-refractivity contribution in [3.63, 3.8) is 0 Å². The van der Waals surface area contributed by atoms with Gasteiger partial charge in [0.05, 0.1) is 0 Å². The van der Waals surface area contributed by atoms with Gasteiger partial charge in [0, 0.05) is 13.1 Å². The number of nitrogens with one attached hydrogen (secondary N) is 1. The number of amides is 2. The molecule has 0 aromatic heterocycles. The molecule has 2 fully saturated rings. The van der Waals surface area contributed by atoms with Crippen LogP contribution in [-0.2, 0) is 9.59 Å². The maximum Gasteiger partial charge on any atom is 0.246 e. The van der Waals surface area contributed by atoms with Gasteiger partial charge in [0.15, 0.2) is 0 Å². The molecule has 21 heavy (non-hydrogen) atoms. The fourth-order valence-electron chi connectivity index (χ4n) is 3.36. The van der Waals surface area contributed by atoms with Crippen molar-refractivity contribution in [3.8, 4) is 0 Å². The highest BCUT2D eigenvalue weighted by Gasteiger charge is 2.44. The van der Waals surface area contributed by atoms with Crippen LogP contribution in [0, 0.1) is 11.3 Å². The third-order valence-electron chi connectivity index (χ3n) is 4.71. The van der Waals surface area contributed by atoms with Crippen molar-refractivity contribution in [3.05, 3.63) is 0 Å². The summed E-state index contributed by atoms with van der Waals surface area (Å²) in [5, 5.41) is 2.89. The molecule has 1 N–H and O–H groups in total. The lowest BCUT2D eigenvalue weighted by Gasteiger charge is -2.44. The molecule has 0 saturated carbocycles. The first kappa shape index (κ1) is 16.3. The summed E-state index contributed by atoms with van der Waals surface area (Å²) in [5.74, 6) is 0.517. The molecule has 0 spiro atoms. The number of nitrogens with zero attached hydrogens (tertiary/aromatic N) is 2. The molecule has 2 saturated heterocycles. The van der Waals surface area contributed by atoms with Gasteiger partial charge in [-0.1, -0.05) is 20.8 Å². The second kappa shape index (κ2) is 5.95. The van der Waals surface area contributed by atoms with Crippen LogP contribution in [0.25, 0.3) is 0 Å². The third kappa shape index (κ3) is 3.57. The van der Waals surface area contributed by atoms with E-state index in [1.165, 1.54) is 6.42 Å². The predicted molar refractivity (Wildman–Crippen MR) is 82.8 cm³/mol. The number of rotatable bonds is 2. The van der Waals surface area contributed by atoms with Crippen molar-refractivity contribution in [2.75, 3.05) is 26.7 Å². The zero-order chi connectivity index (χ0) is 15.8. The lowest BCUT2D eigenvalue weighted by Crippen LogP contribution is -2.66. The fourth-order valence-corrected chi connectivity index (χ4v) is 3.36. The van der Waals surface area contributed by atoms with Gasteiger partial charge in [-0.15, -0.1) is 0 Å². The number of carbonyl (C=O) groups is 2. The van der Waals surface area contributed by atoms with E-state index in [2.05, 4.69) is 17.3 Å². The quantitative estimate of drug-likeness (QED) is 0.830. The van der Waals surface area contributed by atoms with Gasteiger partial charge in [-0.05, 0) is 44.7 Å². The molecule has 0 aromatic rings. The van der Waals surface area contributed by atoms with Crippen LogP contribution in [0.1, 0.15) is 40.5 Å². The average Bonchev–Trinajstić information content (AvgIpc) is 2.37. The normalized spacial score (nSPS) is 32.2. The SMILES string of the molecule is CC1C(=O)NC(C(C)(C)C)C(=O)N1CC1CCCN(C)C1. The van der Waals surface area contributed by atoms with Gasteiger partial charge in [-0.2, -0.15) is 0 Å². The Hall–Kier alpha value is -1.10. The zero-order valence-electron chi connectivity index (χ0n) is 14.0. The van der Waals surface area contributed by atoms with Crippen molar-refractivity contribution >= 4 is 11.8 Å². The first-order valence-corrected chi connectivity index (χ1v) is 7.99. The lowest BCUT2D eigenvalue weighted by molar-refractivity contribution is -0.152. The van der Waals surface area contributed by atoms with E-state index in [0.717, 1.165) is 19.5 Å². The second-order valence-corrected chi connectivity index (χ2v) is 7.74. The van der Waals surface area contributed by atoms with Gasteiger partial charge in [-0.25, -0.2) is 0 Å². The monoisotopic (exact) mass is 295 g/mol. The molecule has 2 heterocycles. The maximum absolute atomic E-state index is 12.8. The molecule has 5 heteroatoms. The van der Waals surface area contributed by atoms with E-state index in [1.807, 2.05) is 27.7 Å². The molecule has 5 nitrogen and oxygen atoms in total. The maximum atomic E-state index is 12.8. The summed E-state index contributed by atoms with van der Waals surface area (Å²) in [6.45, 7) is 10.7. The number of likely N-dealkylation sites (tertiary alicyclic amines) is 1. The highest BCUT2D eigenvalue weighted by Crippen LogP contribution is 2.27. The summed E-state index contributed by atoms with van der Waals surface area (Å²) in [6.07, 6.45) is 2.31. The Morgan fingerprint density at radius 3 is 2.52 bits per heavy atom. The van der Waals surface area contributed by atoms with E-state index in [0.29, 0.717) is 12.5 Å². The first-order valence-electron chi connectivity index (χ1n) is 7.99. The van der Waals surface area contributed by atoms with Gasteiger partial charge in [0.25, 0.3) is 0 Å². The minimum absolute atomic E-state index is 0.0290. The van der Waals surface area contributed by atoms with Crippen LogP contribution in [0.3, 0.4) is 0 Å². The van der Waals surface area contributed by atoms with Gasteiger partial charge in [-0.3, -0.25) is 9.59 Å². The molecule has 0 bridgehead atoms. The van der Waals surface area contributed by atoms with Crippen molar-refractivity contribution in [1.82, 2.24) is 15.1 Å². The molecule has 2 amide bonds. The van der Waals surface area contributed by atoms with Gasteiger partial charge >= 0.3 is 0 Å². The molecule has 2 aliphatic heterocycles. The molecule has 0 aliphatic carbocycles. The summed E-state index contributed by atoms with van der Waals surface area (Å²) in [4.78, 5) is 29.1. The smallest absolute Gasteiger partial charge is 0.246 e. The number of piperidine rings is 1. The van der Waals surface area contributed by atoms with Crippen LogP contribution in [0.5, 0.6) is 0 Å². The number of hydrogen-bond donors (Lipinski definition) is 1. The Kier molecular flexibility index (Phi) is 4.61. The Labute approximate surface area is 128 Å². The van der Waals surface area contributed by atoms with Gasteiger partial charge < -0.3 is 15.1 Å². The average molecular weight is 295 g/mol. The molecule has 3 unspecified atom stereocenters. The fraction of sp³-hybridized carbons (Fsp3) is 0.875.